The van der Waals surface area contributed by atoms with Crippen LogP contribution in [0.2, 0.25) is 0 Å². The van der Waals surface area contributed by atoms with E-state index in [1.807, 2.05) is 0 Å². The van der Waals surface area contributed by atoms with E-state index in [0.717, 1.165) is 12.3 Å². The molecule has 1 atom stereocenters. The van der Waals surface area contributed by atoms with Crippen molar-refractivity contribution in [1.82, 2.24) is 5.43 Å². The van der Waals surface area contributed by atoms with Crippen molar-refractivity contribution in [2.45, 2.75) is 63.3 Å². The van der Waals surface area contributed by atoms with E-state index in [-0.39, 0.29) is 18.9 Å². The molecule has 0 aromatic heterocycles. The highest BCUT2D eigenvalue weighted by molar-refractivity contribution is 4.86. The van der Waals surface area contributed by atoms with E-state index < -0.39 is 5.92 Å². The standard InChI is InChI=1S/C12H22F2N2/c13-12(14)6-4-10(5-7-12)11(16-15)8-9-2-1-3-9/h9-11,16H,1-8,15H2. The van der Waals surface area contributed by atoms with Crippen molar-refractivity contribution in [1.29, 1.82) is 0 Å². The van der Waals surface area contributed by atoms with Crippen molar-refractivity contribution in [3.8, 4) is 0 Å². The van der Waals surface area contributed by atoms with E-state index in [0.29, 0.717) is 18.8 Å². The molecule has 0 aromatic carbocycles. The largest absolute Gasteiger partial charge is 0.271 e. The minimum Gasteiger partial charge on any atom is -0.271 e. The van der Waals surface area contributed by atoms with Gasteiger partial charge >= 0.3 is 0 Å². The number of nitrogens with one attached hydrogen (secondary N) is 1. The lowest BCUT2D eigenvalue weighted by Gasteiger charge is -2.37. The minimum absolute atomic E-state index is 0.0422. The van der Waals surface area contributed by atoms with Crippen LogP contribution in [-0.4, -0.2) is 12.0 Å². The predicted octanol–water partition coefficient (Wildman–Crippen LogP) is 2.83. The molecule has 2 rings (SSSR count). The van der Waals surface area contributed by atoms with Crippen LogP contribution >= 0.6 is 0 Å². The molecule has 16 heavy (non-hydrogen) atoms. The molecule has 1 unspecified atom stereocenters. The van der Waals surface area contributed by atoms with Gasteiger partial charge in [0, 0.05) is 18.9 Å². The first-order valence-electron chi connectivity index (χ1n) is 6.45. The van der Waals surface area contributed by atoms with Crippen molar-refractivity contribution in [2.75, 3.05) is 0 Å². The van der Waals surface area contributed by atoms with Gasteiger partial charge in [-0.2, -0.15) is 0 Å². The fraction of sp³-hybridized carbons (Fsp3) is 1.00. The van der Waals surface area contributed by atoms with E-state index in [1.54, 1.807) is 0 Å². The summed E-state index contributed by atoms with van der Waals surface area (Å²) in [7, 11) is 0. The van der Waals surface area contributed by atoms with E-state index in [9.17, 15) is 8.78 Å². The molecule has 2 aliphatic carbocycles. The van der Waals surface area contributed by atoms with Crippen molar-refractivity contribution in [2.24, 2.45) is 17.7 Å². The number of hydrazine groups is 1. The van der Waals surface area contributed by atoms with Crippen molar-refractivity contribution in [3.63, 3.8) is 0 Å². The average molecular weight is 232 g/mol. The van der Waals surface area contributed by atoms with Gasteiger partial charge in [0.2, 0.25) is 5.92 Å². The average Bonchev–Trinajstić information content (AvgIpc) is 2.18. The summed E-state index contributed by atoms with van der Waals surface area (Å²) >= 11 is 0. The van der Waals surface area contributed by atoms with E-state index in [1.165, 1.54) is 19.3 Å². The zero-order valence-electron chi connectivity index (χ0n) is 9.72. The summed E-state index contributed by atoms with van der Waals surface area (Å²) in [6.07, 6.45) is 6.31. The third-order valence-corrected chi connectivity index (χ3v) is 4.36. The zero-order chi connectivity index (χ0) is 11.6. The Morgan fingerprint density at radius 3 is 2.25 bits per heavy atom. The van der Waals surface area contributed by atoms with Crippen LogP contribution in [0.1, 0.15) is 51.4 Å². The van der Waals surface area contributed by atoms with E-state index >= 15 is 0 Å². The summed E-state index contributed by atoms with van der Waals surface area (Å²) in [6.45, 7) is 0. The number of alkyl halides is 2. The van der Waals surface area contributed by atoms with Crippen LogP contribution in [0, 0.1) is 11.8 Å². The van der Waals surface area contributed by atoms with Crippen molar-refractivity contribution < 1.29 is 8.78 Å². The van der Waals surface area contributed by atoms with Crippen molar-refractivity contribution >= 4 is 0 Å². The van der Waals surface area contributed by atoms with E-state index in [2.05, 4.69) is 5.43 Å². The van der Waals surface area contributed by atoms with Gasteiger partial charge in [-0.25, -0.2) is 8.78 Å². The summed E-state index contributed by atoms with van der Waals surface area (Å²) in [5, 5.41) is 0. The molecule has 0 aliphatic heterocycles. The van der Waals surface area contributed by atoms with Gasteiger partial charge in [-0.05, 0) is 31.1 Å². The fourth-order valence-electron chi connectivity index (χ4n) is 2.95. The second-order valence-corrected chi connectivity index (χ2v) is 5.50. The van der Waals surface area contributed by atoms with E-state index in [4.69, 9.17) is 5.84 Å². The Labute approximate surface area is 95.9 Å². The van der Waals surface area contributed by atoms with Crippen LogP contribution in [0.5, 0.6) is 0 Å². The molecular weight excluding hydrogens is 210 g/mol. The number of halogens is 2. The van der Waals surface area contributed by atoms with Gasteiger partial charge < -0.3 is 0 Å². The number of rotatable bonds is 4. The predicted molar refractivity (Wildman–Crippen MR) is 60.0 cm³/mol. The number of nitrogens with two attached hydrogens (primary N) is 1. The molecule has 94 valence electrons. The molecule has 2 fully saturated rings. The first kappa shape index (κ1) is 12.2. The van der Waals surface area contributed by atoms with Crippen LogP contribution in [-0.2, 0) is 0 Å². The van der Waals surface area contributed by atoms with Gasteiger partial charge in [0.05, 0.1) is 0 Å². The Morgan fingerprint density at radius 1 is 1.19 bits per heavy atom. The van der Waals surface area contributed by atoms with Gasteiger partial charge in [0.1, 0.15) is 0 Å². The molecule has 0 heterocycles. The summed E-state index contributed by atoms with van der Waals surface area (Å²) in [5.74, 6) is 4.27. The maximum Gasteiger partial charge on any atom is 0.248 e. The molecule has 3 N–H and O–H groups in total. The first-order chi connectivity index (χ1) is 7.61. The lowest BCUT2D eigenvalue weighted by molar-refractivity contribution is -0.0508. The first-order valence-corrected chi connectivity index (χ1v) is 6.45. The highest BCUT2D eigenvalue weighted by atomic mass is 19.3. The van der Waals surface area contributed by atoms with Crippen molar-refractivity contribution in [3.05, 3.63) is 0 Å². The molecule has 0 bridgehead atoms. The Morgan fingerprint density at radius 2 is 1.81 bits per heavy atom. The van der Waals surface area contributed by atoms with Gasteiger partial charge in [0.15, 0.2) is 0 Å². The Kier molecular flexibility index (Phi) is 3.80. The van der Waals surface area contributed by atoms with Crippen LogP contribution < -0.4 is 11.3 Å². The molecular formula is C12H22F2N2. The van der Waals surface area contributed by atoms with Gasteiger partial charge in [-0.15, -0.1) is 0 Å². The molecule has 0 saturated heterocycles. The lowest BCUT2D eigenvalue weighted by Crippen LogP contribution is -2.45. The smallest absolute Gasteiger partial charge is 0.248 e. The molecule has 0 radical (unpaired) electrons. The third kappa shape index (κ3) is 2.92. The third-order valence-electron chi connectivity index (χ3n) is 4.36. The Balaban J connectivity index is 1.80. The summed E-state index contributed by atoms with van der Waals surface area (Å²) in [4.78, 5) is 0. The lowest BCUT2D eigenvalue weighted by atomic mass is 9.74. The fourth-order valence-corrected chi connectivity index (χ4v) is 2.95. The maximum absolute atomic E-state index is 13.0. The molecule has 4 heteroatoms. The normalized spacial score (nSPS) is 28.7. The second kappa shape index (κ2) is 4.96. The summed E-state index contributed by atoms with van der Waals surface area (Å²) < 4.78 is 26.1. The number of hydrogen-bond donors (Lipinski definition) is 2. The number of hydrogen-bond acceptors (Lipinski definition) is 2. The van der Waals surface area contributed by atoms with Crippen LogP contribution in [0.15, 0.2) is 0 Å². The highest BCUT2D eigenvalue weighted by Gasteiger charge is 2.38. The quantitative estimate of drug-likeness (QED) is 0.578. The maximum atomic E-state index is 13.0. The Bertz CT molecular complexity index is 219. The highest BCUT2D eigenvalue weighted by Crippen LogP contribution is 2.40. The van der Waals surface area contributed by atoms with Gasteiger partial charge in [-0.1, -0.05) is 19.3 Å². The topological polar surface area (TPSA) is 38.0 Å². The van der Waals surface area contributed by atoms with Gasteiger partial charge in [-0.3, -0.25) is 11.3 Å². The molecule has 0 spiro atoms. The summed E-state index contributed by atoms with van der Waals surface area (Å²) in [5.41, 5.74) is 2.85. The van der Waals surface area contributed by atoms with Crippen LogP contribution in [0.4, 0.5) is 8.78 Å². The molecule has 2 aliphatic rings. The zero-order valence-corrected chi connectivity index (χ0v) is 9.72. The molecule has 2 saturated carbocycles. The SMILES string of the molecule is NNC(CC1CCC1)C1CCC(F)(F)CC1. The Hall–Kier alpha value is -0.220. The van der Waals surface area contributed by atoms with Crippen LogP contribution in [0.25, 0.3) is 0 Å². The van der Waals surface area contributed by atoms with Crippen LogP contribution in [0.3, 0.4) is 0 Å². The monoisotopic (exact) mass is 232 g/mol. The minimum atomic E-state index is -2.42. The second-order valence-electron chi connectivity index (χ2n) is 5.50. The molecule has 0 amide bonds. The molecule has 2 nitrogen and oxygen atoms in total. The summed E-state index contributed by atoms with van der Waals surface area (Å²) in [6, 6.07) is 0.251. The molecule has 0 aromatic rings. The van der Waals surface area contributed by atoms with Gasteiger partial charge in [0.25, 0.3) is 0 Å².